The van der Waals surface area contributed by atoms with Gasteiger partial charge in [-0.1, -0.05) is 0 Å². The van der Waals surface area contributed by atoms with Crippen LogP contribution in [0.4, 0.5) is 0 Å². The van der Waals surface area contributed by atoms with Gasteiger partial charge in [-0.25, -0.2) is 0 Å². The minimum Gasteiger partial charge on any atom is -0.348 e. The second-order valence-electron chi connectivity index (χ2n) is 2.40. The van der Waals surface area contributed by atoms with Gasteiger partial charge in [0.25, 0.3) is 0 Å². The molecule has 0 aliphatic carbocycles. The van der Waals surface area contributed by atoms with Crippen molar-refractivity contribution in [3.63, 3.8) is 0 Å². The first-order valence-corrected chi connectivity index (χ1v) is 4.08. The van der Waals surface area contributed by atoms with Crippen LogP contribution in [0.15, 0.2) is 0 Å². The van der Waals surface area contributed by atoms with Crippen molar-refractivity contribution in [1.82, 2.24) is 10.6 Å². The zero-order valence-electron chi connectivity index (χ0n) is 7.67. The first kappa shape index (κ1) is 12.0. The highest BCUT2D eigenvalue weighted by atomic mass is 16.2. The van der Waals surface area contributed by atoms with Gasteiger partial charge in [0.1, 0.15) is 6.54 Å². The van der Waals surface area contributed by atoms with Gasteiger partial charge in [0.15, 0.2) is 0 Å². The minimum atomic E-state index is -0.799. The highest BCUT2D eigenvalue weighted by Gasteiger charge is 2.10. The molecule has 2 N–H and O–H groups in total. The number of hydrogen-bond donors (Lipinski definition) is 2. The van der Waals surface area contributed by atoms with Crippen molar-refractivity contribution in [2.75, 3.05) is 13.1 Å². The number of unbranched alkanes of at least 4 members (excludes halogenated alkanes) is 1. The summed E-state index contributed by atoms with van der Waals surface area (Å²) in [5.41, 5.74) is 0. The van der Waals surface area contributed by atoms with Gasteiger partial charge in [-0.05, 0) is 6.42 Å². The lowest BCUT2D eigenvalue weighted by atomic mass is 10.3. The number of carbonyl (C=O) groups excluding carboxylic acids is 2. The third-order valence-electron chi connectivity index (χ3n) is 1.32. The molecular formula is C9H11N3O2. The van der Waals surface area contributed by atoms with Crippen LogP contribution in [-0.4, -0.2) is 24.9 Å². The molecule has 0 spiro atoms. The van der Waals surface area contributed by atoms with Crippen molar-refractivity contribution in [1.29, 1.82) is 5.26 Å². The number of nitrogens with zero attached hydrogens (tertiary/aromatic N) is 1. The van der Waals surface area contributed by atoms with Crippen LogP contribution in [0.2, 0.25) is 0 Å². The monoisotopic (exact) mass is 193 g/mol. The van der Waals surface area contributed by atoms with Crippen LogP contribution in [0.25, 0.3) is 0 Å². The number of carbonyl (C=O) groups is 2. The van der Waals surface area contributed by atoms with Crippen LogP contribution in [0.5, 0.6) is 0 Å². The van der Waals surface area contributed by atoms with Gasteiger partial charge in [0, 0.05) is 13.0 Å². The molecule has 0 aromatic rings. The molecule has 0 atom stereocenters. The largest absolute Gasteiger partial charge is 0.348 e. The standard InChI is InChI=1S/C9H11N3O2/c1-2-3-4-6-11-8(13)9(14)12-7-5-10/h1H,3-4,6-7H2,(H,11,13)(H,12,14). The Balaban J connectivity index is 3.59. The van der Waals surface area contributed by atoms with Crippen LogP contribution in [-0.2, 0) is 9.59 Å². The summed E-state index contributed by atoms with van der Waals surface area (Å²) in [5, 5.41) is 12.6. The molecule has 0 bridgehead atoms. The maximum Gasteiger partial charge on any atom is 0.310 e. The number of rotatable bonds is 4. The fourth-order valence-electron chi connectivity index (χ4n) is 0.673. The summed E-state index contributed by atoms with van der Waals surface area (Å²) < 4.78 is 0. The van der Waals surface area contributed by atoms with E-state index in [9.17, 15) is 9.59 Å². The third-order valence-corrected chi connectivity index (χ3v) is 1.32. The minimum absolute atomic E-state index is 0.170. The predicted molar refractivity (Wildman–Crippen MR) is 49.7 cm³/mol. The van der Waals surface area contributed by atoms with Crippen molar-refractivity contribution >= 4 is 11.8 Å². The van der Waals surface area contributed by atoms with E-state index in [1.807, 2.05) is 0 Å². The van der Waals surface area contributed by atoms with Crippen molar-refractivity contribution < 1.29 is 9.59 Å². The average Bonchev–Trinajstić information content (AvgIpc) is 2.20. The molecule has 0 heterocycles. The third kappa shape index (κ3) is 5.62. The highest BCUT2D eigenvalue weighted by molar-refractivity contribution is 6.35. The van der Waals surface area contributed by atoms with Crippen molar-refractivity contribution in [2.24, 2.45) is 0 Å². The lowest BCUT2D eigenvalue weighted by molar-refractivity contribution is -0.139. The molecule has 14 heavy (non-hydrogen) atoms. The van der Waals surface area contributed by atoms with Gasteiger partial charge in [-0.3, -0.25) is 9.59 Å². The van der Waals surface area contributed by atoms with Gasteiger partial charge in [-0.15, -0.1) is 12.3 Å². The number of amides is 2. The molecule has 0 aromatic heterocycles. The molecule has 0 aliphatic heterocycles. The normalized spacial score (nSPS) is 8.14. The van der Waals surface area contributed by atoms with E-state index in [4.69, 9.17) is 11.7 Å². The maximum atomic E-state index is 10.9. The van der Waals surface area contributed by atoms with Crippen LogP contribution < -0.4 is 10.6 Å². The van der Waals surface area contributed by atoms with E-state index < -0.39 is 11.8 Å². The fraction of sp³-hybridized carbons (Fsp3) is 0.444. The predicted octanol–water partition coefficient (Wildman–Crippen LogP) is -0.844. The molecule has 0 unspecified atom stereocenters. The Kier molecular flexibility index (Phi) is 6.53. The van der Waals surface area contributed by atoms with Gasteiger partial charge < -0.3 is 10.6 Å². The Hall–Kier alpha value is -2.01. The average molecular weight is 193 g/mol. The van der Waals surface area contributed by atoms with Crippen LogP contribution in [0.1, 0.15) is 12.8 Å². The maximum absolute atomic E-state index is 10.9. The number of nitriles is 1. The van der Waals surface area contributed by atoms with Crippen molar-refractivity contribution in [3.05, 3.63) is 0 Å². The molecule has 0 radical (unpaired) electrons. The van der Waals surface area contributed by atoms with E-state index in [-0.39, 0.29) is 6.54 Å². The second-order valence-corrected chi connectivity index (χ2v) is 2.40. The quantitative estimate of drug-likeness (QED) is 0.264. The fourth-order valence-corrected chi connectivity index (χ4v) is 0.673. The lowest BCUT2D eigenvalue weighted by Crippen LogP contribution is -2.40. The first-order chi connectivity index (χ1) is 6.72. The Morgan fingerprint density at radius 1 is 1.29 bits per heavy atom. The van der Waals surface area contributed by atoms with Crippen LogP contribution in [0.3, 0.4) is 0 Å². The zero-order chi connectivity index (χ0) is 10.8. The van der Waals surface area contributed by atoms with E-state index >= 15 is 0 Å². The van der Waals surface area contributed by atoms with Crippen molar-refractivity contribution in [3.8, 4) is 18.4 Å². The summed E-state index contributed by atoms with van der Waals surface area (Å²) in [6, 6.07) is 1.69. The van der Waals surface area contributed by atoms with E-state index in [0.717, 1.165) is 0 Å². The molecule has 5 nitrogen and oxygen atoms in total. The second kappa shape index (κ2) is 7.63. The van der Waals surface area contributed by atoms with Gasteiger partial charge in [0.2, 0.25) is 0 Å². The molecule has 0 fully saturated rings. The Bertz CT molecular complexity index is 285. The lowest BCUT2D eigenvalue weighted by Gasteiger charge is -2.02. The molecule has 0 rings (SSSR count). The van der Waals surface area contributed by atoms with Gasteiger partial charge in [-0.2, -0.15) is 5.26 Å². The molecule has 2 amide bonds. The molecule has 5 heteroatoms. The Morgan fingerprint density at radius 2 is 1.93 bits per heavy atom. The number of nitrogens with one attached hydrogen (secondary N) is 2. The summed E-state index contributed by atoms with van der Waals surface area (Å²) in [6.45, 7) is 0.194. The van der Waals surface area contributed by atoms with E-state index in [0.29, 0.717) is 19.4 Å². The molecular weight excluding hydrogens is 182 g/mol. The van der Waals surface area contributed by atoms with Crippen molar-refractivity contribution in [2.45, 2.75) is 12.8 Å². The van der Waals surface area contributed by atoms with Crippen LogP contribution >= 0.6 is 0 Å². The summed E-state index contributed by atoms with van der Waals surface area (Å²) in [4.78, 5) is 21.8. The van der Waals surface area contributed by atoms with Crippen LogP contribution in [0, 0.1) is 23.7 Å². The Morgan fingerprint density at radius 3 is 2.50 bits per heavy atom. The highest BCUT2D eigenvalue weighted by Crippen LogP contribution is 1.82. The van der Waals surface area contributed by atoms with E-state index in [1.54, 1.807) is 6.07 Å². The van der Waals surface area contributed by atoms with Gasteiger partial charge in [0.05, 0.1) is 6.07 Å². The summed E-state index contributed by atoms with van der Waals surface area (Å²) in [6.07, 6.45) is 6.18. The summed E-state index contributed by atoms with van der Waals surface area (Å²) in [7, 11) is 0. The number of terminal acetylenes is 1. The zero-order valence-corrected chi connectivity index (χ0v) is 7.67. The summed E-state index contributed by atoms with van der Waals surface area (Å²) in [5.74, 6) is 0.873. The molecule has 74 valence electrons. The topological polar surface area (TPSA) is 82.0 Å². The SMILES string of the molecule is C#CCCCNC(=O)C(=O)NCC#N. The molecule has 0 aromatic carbocycles. The number of hydrogen-bond acceptors (Lipinski definition) is 3. The molecule has 0 saturated heterocycles. The summed E-state index contributed by atoms with van der Waals surface area (Å²) >= 11 is 0. The molecule has 0 aliphatic rings. The smallest absolute Gasteiger partial charge is 0.310 e. The van der Waals surface area contributed by atoms with Gasteiger partial charge >= 0.3 is 11.8 Å². The van der Waals surface area contributed by atoms with E-state index in [1.165, 1.54) is 0 Å². The molecule has 0 saturated carbocycles. The first-order valence-electron chi connectivity index (χ1n) is 4.08. The van der Waals surface area contributed by atoms with E-state index in [2.05, 4.69) is 16.6 Å². The Labute approximate surface area is 82.5 Å².